The van der Waals surface area contributed by atoms with Crippen LogP contribution in [0.15, 0.2) is 114 Å². The first kappa shape index (κ1) is 22.3. The molecule has 0 fully saturated rings. The van der Waals surface area contributed by atoms with E-state index in [1.54, 1.807) is 0 Å². The highest BCUT2D eigenvalue weighted by atomic mass is 16.1. The summed E-state index contributed by atoms with van der Waals surface area (Å²) in [6.45, 7) is 0. The maximum Gasteiger partial charge on any atom is 0.191 e. The molecule has 0 radical (unpaired) electrons. The fourth-order valence-corrected chi connectivity index (χ4v) is 5.80. The van der Waals surface area contributed by atoms with Crippen LogP contribution in [0, 0.1) is 0 Å². The lowest BCUT2D eigenvalue weighted by atomic mass is 9.65. The summed E-state index contributed by atoms with van der Waals surface area (Å²) < 4.78 is 0. The van der Waals surface area contributed by atoms with Crippen molar-refractivity contribution < 1.29 is 4.79 Å². The lowest BCUT2D eigenvalue weighted by Crippen LogP contribution is -2.56. The third-order valence-corrected chi connectivity index (χ3v) is 7.58. The minimum atomic E-state index is -0.847. The highest BCUT2D eigenvalue weighted by Crippen LogP contribution is 2.51. The van der Waals surface area contributed by atoms with Crippen LogP contribution in [0.4, 0.5) is 11.4 Å². The fraction of sp³-hybridized carbons (Fsp3) is 0.188. The van der Waals surface area contributed by atoms with Gasteiger partial charge < -0.3 is 4.90 Å². The Morgan fingerprint density at radius 3 is 2.14 bits per heavy atom. The number of rotatable bonds is 4. The minimum Gasteiger partial charge on any atom is -0.378 e. The van der Waals surface area contributed by atoms with Gasteiger partial charge in [-0.2, -0.15) is 5.10 Å². The van der Waals surface area contributed by atoms with E-state index in [0.717, 1.165) is 45.8 Å². The molecule has 36 heavy (non-hydrogen) atoms. The first-order valence-electron chi connectivity index (χ1n) is 12.5. The third-order valence-electron chi connectivity index (χ3n) is 7.58. The summed E-state index contributed by atoms with van der Waals surface area (Å²) in [6.07, 6.45) is 1.52. The lowest BCUT2D eigenvalue weighted by Gasteiger charge is -2.43. The molecule has 6 rings (SSSR count). The first-order chi connectivity index (χ1) is 17.6. The Morgan fingerprint density at radius 2 is 1.44 bits per heavy atom. The van der Waals surface area contributed by atoms with E-state index in [9.17, 15) is 4.79 Å². The zero-order valence-corrected chi connectivity index (χ0v) is 20.6. The molecule has 1 aliphatic heterocycles. The Labute approximate surface area is 212 Å². The minimum absolute atomic E-state index is 0.143. The number of nitrogens with zero attached hydrogens (tertiary/aromatic N) is 3. The van der Waals surface area contributed by atoms with Crippen molar-refractivity contribution in [3.63, 3.8) is 0 Å². The average molecular weight is 472 g/mol. The number of aryl methyl sites for hydroxylation is 1. The second-order valence-electron chi connectivity index (χ2n) is 9.83. The van der Waals surface area contributed by atoms with E-state index in [4.69, 9.17) is 5.10 Å². The molecule has 4 nitrogen and oxygen atoms in total. The number of hydrogen-bond acceptors (Lipinski definition) is 4. The summed E-state index contributed by atoms with van der Waals surface area (Å²) >= 11 is 0. The van der Waals surface area contributed by atoms with E-state index in [1.165, 1.54) is 0 Å². The van der Waals surface area contributed by atoms with Gasteiger partial charge in [-0.1, -0.05) is 84.9 Å². The molecule has 0 amide bonds. The van der Waals surface area contributed by atoms with Crippen LogP contribution in [0.5, 0.6) is 0 Å². The standard InChI is InChI=1S/C32H29N3O/c1-34(2)26-19-17-24(18-20-26)29-30(25-12-5-3-6-13-25)33-35(27-14-7-4-8-15-27)32(29)22-21-23-11-9-10-16-28(23)31(32)36/h3-20,29H,21-22H2,1-2H3. The molecule has 4 aromatic carbocycles. The monoisotopic (exact) mass is 471 g/mol. The Hall–Kier alpha value is -4.18. The van der Waals surface area contributed by atoms with Crippen LogP contribution in [0.2, 0.25) is 0 Å². The van der Waals surface area contributed by atoms with E-state index in [-0.39, 0.29) is 11.7 Å². The van der Waals surface area contributed by atoms with E-state index < -0.39 is 5.54 Å². The Morgan fingerprint density at radius 1 is 0.806 bits per heavy atom. The summed E-state index contributed by atoms with van der Waals surface area (Å²) in [5, 5.41) is 7.29. The molecule has 0 aromatic heterocycles. The van der Waals surface area contributed by atoms with Crippen molar-refractivity contribution in [1.82, 2.24) is 0 Å². The van der Waals surface area contributed by atoms with Crippen molar-refractivity contribution in [2.45, 2.75) is 24.3 Å². The maximum atomic E-state index is 14.6. The van der Waals surface area contributed by atoms with Crippen molar-refractivity contribution in [1.29, 1.82) is 0 Å². The van der Waals surface area contributed by atoms with Crippen molar-refractivity contribution in [3.8, 4) is 0 Å². The van der Waals surface area contributed by atoms with Gasteiger partial charge in [-0.05, 0) is 53.8 Å². The number of hydrogen-bond donors (Lipinski definition) is 0. The van der Waals surface area contributed by atoms with E-state index in [0.29, 0.717) is 6.42 Å². The molecule has 1 spiro atoms. The molecule has 1 aliphatic carbocycles. The van der Waals surface area contributed by atoms with Crippen molar-refractivity contribution >= 4 is 22.9 Å². The van der Waals surface area contributed by atoms with Gasteiger partial charge in [0, 0.05) is 25.3 Å². The number of carbonyl (C=O) groups excluding carboxylic acids is 1. The largest absolute Gasteiger partial charge is 0.378 e. The van der Waals surface area contributed by atoms with Gasteiger partial charge in [0.15, 0.2) is 5.78 Å². The molecule has 2 atom stereocenters. The number of para-hydroxylation sites is 1. The van der Waals surface area contributed by atoms with Crippen LogP contribution >= 0.6 is 0 Å². The molecule has 2 aliphatic rings. The fourth-order valence-electron chi connectivity index (χ4n) is 5.80. The Bertz CT molecular complexity index is 1430. The molecule has 0 saturated carbocycles. The highest BCUT2D eigenvalue weighted by molar-refractivity contribution is 6.18. The van der Waals surface area contributed by atoms with Crippen LogP contribution < -0.4 is 9.91 Å². The summed E-state index contributed by atoms with van der Waals surface area (Å²) in [5.41, 5.74) is 6.23. The molecule has 4 heteroatoms. The van der Waals surface area contributed by atoms with Crippen LogP contribution in [0.3, 0.4) is 0 Å². The summed E-state index contributed by atoms with van der Waals surface area (Å²) in [5.74, 6) is -0.0678. The molecule has 2 unspecified atom stereocenters. The summed E-state index contributed by atoms with van der Waals surface area (Å²) in [4.78, 5) is 16.7. The van der Waals surface area contributed by atoms with Gasteiger partial charge in [0.05, 0.1) is 17.3 Å². The normalized spacial score (nSPS) is 20.8. The van der Waals surface area contributed by atoms with Crippen LogP contribution in [0.1, 0.15) is 39.4 Å². The van der Waals surface area contributed by atoms with Gasteiger partial charge in [-0.15, -0.1) is 0 Å². The highest BCUT2D eigenvalue weighted by Gasteiger charge is 2.59. The zero-order valence-electron chi connectivity index (χ0n) is 20.6. The van der Waals surface area contributed by atoms with Crippen LogP contribution in [0.25, 0.3) is 0 Å². The molecule has 1 heterocycles. The van der Waals surface area contributed by atoms with E-state index in [2.05, 4.69) is 59.5 Å². The third kappa shape index (κ3) is 3.44. The molecule has 0 N–H and O–H groups in total. The van der Waals surface area contributed by atoms with Gasteiger partial charge in [-0.25, -0.2) is 0 Å². The topological polar surface area (TPSA) is 35.9 Å². The van der Waals surface area contributed by atoms with Gasteiger partial charge in [-0.3, -0.25) is 9.80 Å². The predicted octanol–water partition coefficient (Wildman–Crippen LogP) is 6.33. The van der Waals surface area contributed by atoms with Gasteiger partial charge in [0.2, 0.25) is 0 Å². The second kappa shape index (κ2) is 8.80. The molecule has 0 bridgehead atoms. The number of fused-ring (bicyclic) bond motifs is 1. The smallest absolute Gasteiger partial charge is 0.191 e. The maximum absolute atomic E-state index is 14.6. The van der Waals surface area contributed by atoms with Gasteiger partial charge >= 0.3 is 0 Å². The zero-order chi connectivity index (χ0) is 24.7. The average Bonchev–Trinajstić information content (AvgIpc) is 3.27. The lowest BCUT2D eigenvalue weighted by molar-refractivity contribution is 0.0856. The number of anilines is 2. The van der Waals surface area contributed by atoms with Crippen molar-refractivity contribution in [2.24, 2.45) is 5.10 Å². The number of carbonyl (C=O) groups is 1. The number of hydrazone groups is 1. The molecular formula is C32H29N3O. The van der Waals surface area contributed by atoms with Crippen LogP contribution in [-0.2, 0) is 6.42 Å². The molecule has 178 valence electrons. The molecular weight excluding hydrogens is 442 g/mol. The molecule has 0 saturated heterocycles. The van der Waals surface area contributed by atoms with Crippen molar-refractivity contribution in [3.05, 3.63) is 131 Å². The second-order valence-corrected chi connectivity index (χ2v) is 9.83. The van der Waals surface area contributed by atoms with Gasteiger partial charge in [0.1, 0.15) is 5.54 Å². The van der Waals surface area contributed by atoms with E-state index >= 15 is 0 Å². The summed E-state index contributed by atoms with van der Waals surface area (Å²) in [6, 6.07) is 37.1. The summed E-state index contributed by atoms with van der Waals surface area (Å²) in [7, 11) is 4.09. The number of benzene rings is 4. The Balaban J connectivity index is 1.61. The Kier molecular flexibility index (Phi) is 5.45. The number of ketones is 1. The van der Waals surface area contributed by atoms with Crippen molar-refractivity contribution in [2.75, 3.05) is 24.0 Å². The first-order valence-corrected chi connectivity index (χ1v) is 12.5. The quantitative estimate of drug-likeness (QED) is 0.349. The van der Waals surface area contributed by atoms with Gasteiger partial charge in [0.25, 0.3) is 0 Å². The molecule has 4 aromatic rings. The SMILES string of the molecule is CN(C)c1ccc(C2C(c3ccccc3)=NN(c3ccccc3)C23CCc2ccccc2C3=O)cc1. The number of Topliss-reactive ketones (excluding diaryl/α,β-unsaturated/α-hetero) is 1. The van der Waals surface area contributed by atoms with Crippen LogP contribution in [-0.4, -0.2) is 31.1 Å². The predicted molar refractivity (Wildman–Crippen MR) is 147 cm³/mol. The van der Waals surface area contributed by atoms with E-state index in [1.807, 2.05) is 73.7 Å².